The van der Waals surface area contributed by atoms with E-state index in [9.17, 15) is 0 Å². The highest BCUT2D eigenvalue weighted by Crippen LogP contribution is 2.21. The molecule has 0 aliphatic heterocycles. The van der Waals surface area contributed by atoms with Crippen LogP contribution in [-0.2, 0) is 19.6 Å². The van der Waals surface area contributed by atoms with Crippen LogP contribution in [0.25, 0.3) is 0 Å². The molecule has 3 aromatic rings. The molecule has 0 bridgehead atoms. The number of rotatable bonds is 11. The summed E-state index contributed by atoms with van der Waals surface area (Å²) in [5, 5.41) is 9.71. The van der Waals surface area contributed by atoms with Crippen molar-refractivity contribution in [3.05, 3.63) is 65.5 Å². The fourth-order valence-electron chi connectivity index (χ4n) is 3.05. The average Bonchev–Trinajstić information content (AvgIpc) is 3.11. The van der Waals surface area contributed by atoms with Gasteiger partial charge in [0, 0.05) is 12.3 Å². The van der Waals surface area contributed by atoms with Gasteiger partial charge in [-0.15, -0.1) is 10.2 Å². The van der Waals surface area contributed by atoms with Gasteiger partial charge >= 0.3 is 0 Å². The number of hydrogen-bond donors (Lipinski definition) is 0. The van der Waals surface area contributed by atoms with Crippen molar-refractivity contribution in [2.24, 2.45) is 5.92 Å². The lowest BCUT2D eigenvalue weighted by Gasteiger charge is -2.13. The van der Waals surface area contributed by atoms with Crippen LogP contribution in [0, 0.1) is 12.8 Å². The normalized spacial score (nSPS) is 11.1. The Bertz CT molecular complexity index is 922. The summed E-state index contributed by atoms with van der Waals surface area (Å²) in [6, 6.07) is 16.3. The van der Waals surface area contributed by atoms with Gasteiger partial charge in [0.05, 0.1) is 6.61 Å². The zero-order valence-corrected chi connectivity index (χ0v) is 19.1. The fourth-order valence-corrected chi connectivity index (χ4v) is 3.83. The average molecular weight is 426 g/mol. The van der Waals surface area contributed by atoms with Crippen molar-refractivity contribution in [2.45, 2.75) is 52.4 Å². The van der Waals surface area contributed by atoms with E-state index < -0.39 is 0 Å². The summed E-state index contributed by atoms with van der Waals surface area (Å²) in [6.07, 6.45) is 1.02. The van der Waals surface area contributed by atoms with Crippen molar-refractivity contribution in [1.82, 2.24) is 14.8 Å². The maximum absolute atomic E-state index is 5.96. The highest BCUT2D eigenvalue weighted by atomic mass is 32.2. The Morgan fingerprint density at radius 3 is 2.50 bits per heavy atom. The number of benzene rings is 2. The van der Waals surface area contributed by atoms with Crippen LogP contribution in [-0.4, -0.2) is 27.1 Å². The Labute approximate surface area is 183 Å². The molecule has 0 saturated heterocycles. The van der Waals surface area contributed by atoms with Gasteiger partial charge < -0.3 is 14.0 Å². The van der Waals surface area contributed by atoms with Crippen molar-refractivity contribution in [1.29, 1.82) is 0 Å². The quantitative estimate of drug-likeness (QED) is 0.297. The zero-order chi connectivity index (χ0) is 21.3. The van der Waals surface area contributed by atoms with E-state index in [1.807, 2.05) is 24.3 Å². The van der Waals surface area contributed by atoms with Crippen molar-refractivity contribution in [3.8, 4) is 11.5 Å². The highest BCUT2D eigenvalue weighted by Gasteiger charge is 2.14. The number of aryl methyl sites for hydroxylation is 2. The Hall–Kier alpha value is -2.47. The van der Waals surface area contributed by atoms with E-state index in [1.54, 1.807) is 11.8 Å². The number of ether oxygens (including phenoxy) is 2. The van der Waals surface area contributed by atoms with Gasteiger partial charge in [-0.2, -0.15) is 0 Å². The van der Waals surface area contributed by atoms with Crippen LogP contribution in [0.1, 0.15) is 37.7 Å². The van der Waals surface area contributed by atoms with E-state index in [2.05, 4.69) is 66.7 Å². The van der Waals surface area contributed by atoms with Gasteiger partial charge in [0.2, 0.25) is 0 Å². The zero-order valence-electron chi connectivity index (χ0n) is 18.3. The predicted molar refractivity (Wildman–Crippen MR) is 122 cm³/mol. The van der Waals surface area contributed by atoms with E-state index in [0.717, 1.165) is 41.2 Å². The van der Waals surface area contributed by atoms with Crippen LogP contribution in [0.5, 0.6) is 11.5 Å². The van der Waals surface area contributed by atoms with Crippen LogP contribution in [0.4, 0.5) is 0 Å². The van der Waals surface area contributed by atoms with Crippen molar-refractivity contribution >= 4 is 11.8 Å². The van der Waals surface area contributed by atoms with Crippen LogP contribution in [0.15, 0.2) is 53.7 Å². The van der Waals surface area contributed by atoms with E-state index in [-0.39, 0.29) is 0 Å². The smallest absolute Gasteiger partial charge is 0.191 e. The van der Waals surface area contributed by atoms with Gasteiger partial charge in [-0.25, -0.2) is 0 Å². The number of hydrogen-bond acceptors (Lipinski definition) is 5. The van der Waals surface area contributed by atoms with Gasteiger partial charge in [0.1, 0.15) is 18.1 Å². The standard InChI is InChI=1S/C24H31N3O2S/c1-5-20-9-11-21(12-10-20)29-17-23-25-26-24(27(23)16-18(2)3)30-14-13-28-22-8-6-7-19(4)15-22/h6-12,15,18H,5,13-14,16-17H2,1-4H3. The van der Waals surface area contributed by atoms with Crippen LogP contribution >= 0.6 is 11.8 Å². The largest absolute Gasteiger partial charge is 0.493 e. The molecule has 0 aliphatic carbocycles. The predicted octanol–water partition coefficient (Wildman–Crippen LogP) is 5.56. The molecule has 3 rings (SSSR count). The summed E-state index contributed by atoms with van der Waals surface area (Å²) in [5.41, 5.74) is 2.50. The third kappa shape index (κ3) is 6.52. The fraction of sp³-hybridized carbons (Fsp3) is 0.417. The number of thioether (sulfide) groups is 1. The highest BCUT2D eigenvalue weighted by molar-refractivity contribution is 7.99. The molecule has 1 heterocycles. The van der Waals surface area contributed by atoms with Crippen molar-refractivity contribution in [2.75, 3.05) is 12.4 Å². The van der Waals surface area contributed by atoms with Crippen LogP contribution in [0.2, 0.25) is 0 Å². The second-order valence-electron chi connectivity index (χ2n) is 7.70. The Kier molecular flexibility index (Phi) is 8.20. The molecule has 30 heavy (non-hydrogen) atoms. The molecule has 5 nitrogen and oxygen atoms in total. The van der Waals surface area contributed by atoms with E-state index >= 15 is 0 Å². The third-order valence-corrected chi connectivity index (χ3v) is 5.54. The molecule has 0 radical (unpaired) electrons. The van der Waals surface area contributed by atoms with Gasteiger partial charge in [0.25, 0.3) is 0 Å². The summed E-state index contributed by atoms with van der Waals surface area (Å²) >= 11 is 1.67. The Balaban J connectivity index is 1.57. The summed E-state index contributed by atoms with van der Waals surface area (Å²) in [6.45, 7) is 10.5. The molecular weight excluding hydrogens is 394 g/mol. The molecule has 0 N–H and O–H groups in total. The summed E-state index contributed by atoms with van der Waals surface area (Å²) in [5.74, 6) is 3.91. The minimum absolute atomic E-state index is 0.408. The first-order chi connectivity index (χ1) is 14.5. The summed E-state index contributed by atoms with van der Waals surface area (Å²) < 4.78 is 14.0. The van der Waals surface area contributed by atoms with E-state index in [0.29, 0.717) is 19.1 Å². The summed E-state index contributed by atoms with van der Waals surface area (Å²) in [4.78, 5) is 0. The molecule has 0 fully saturated rings. The number of aromatic nitrogens is 3. The van der Waals surface area contributed by atoms with E-state index in [1.165, 1.54) is 11.1 Å². The monoisotopic (exact) mass is 425 g/mol. The maximum atomic E-state index is 5.96. The lowest BCUT2D eigenvalue weighted by Crippen LogP contribution is -2.12. The third-order valence-electron chi connectivity index (χ3n) is 4.61. The minimum atomic E-state index is 0.408. The molecule has 0 spiro atoms. The first kappa shape index (κ1) is 22.2. The first-order valence-corrected chi connectivity index (χ1v) is 11.5. The van der Waals surface area contributed by atoms with Crippen molar-refractivity contribution in [3.63, 3.8) is 0 Å². The molecule has 2 aromatic carbocycles. The lowest BCUT2D eigenvalue weighted by molar-refractivity contribution is 0.284. The Morgan fingerprint density at radius 2 is 1.80 bits per heavy atom. The van der Waals surface area contributed by atoms with Gasteiger partial charge in [-0.05, 0) is 54.7 Å². The molecule has 160 valence electrons. The van der Waals surface area contributed by atoms with Gasteiger partial charge in [-0.3, -0.25) is 0 Å². The summed E-state index contributed by atoms with van der Waals surface area (Å²) in [7, 11) is 0. The molecule has 0 amide bonds. The molecule has 6 heteroatoms. The molecule has 1 aromatic heterocycles. The maximum Gasteiger partial charge on any atom is 0.191 e. The SMILES string of the molecule is CCc1ccc(OCc2nnc(SCCOc3cccc(C)c3)n2CC(C)C)cc1. The molecule has 0 unspecified atom stereocenters. The van der Waals surface area contributed by atoms with Gasteiger partial charge in [0.15, 0.2) is 11.0 Å². The van der Waals surface area contributed by atoms with Crippen LogP contribution < -0.4 is 9.47 Å². The molecule has 0 aliphatic rings. The van der Waals surface area contributed by atoms with Gasteiger partial charge in [-0.1, -0.05) is 56.8 Å². The molecular formula is C24H31N3O2S. The molecule has 0 saturated carbocycles. The second-order valence-corrected chi connectivity index (χ2v) is 8.76. The second kappa shape index (κ2) is 11.1. The lowest BCUT2D eigenvalue weighted by atomic mass is 10.2. The topological polar surface area (TPSA) is 49.2 Å². The first-order valence-electron chi connectivity index (χ1n) is 10.5. The van der Waals surface area contributed by atoms with E-state index in [4.69, 9.17) is 9.47 Å². The van der Waals surface area contributed by atoms with Crippen LogP contribution in [0.3, 0.4) is 0 Å². The van der Waals surface area contributed by atoms with Crippen molar-refractivity contribution < 1.29 is 9.47 Å². The number of nitrogens with zero attached hydrogens (tertiary/aromatic N) is 3. The Morgan fingerprint density at radius 1 is 1.00 bits per heavy atom. The minimum Gasteiger partial charge on any atom is -0.493 e. The molecule has 0 atom stereocenters.